The summed E-state index contributed by atoms with van der Waals surface area (Å²) in [6, 6.07) is 0. The van der Waals surface area contributed by atoms with Crippen LogP contribution in [-0.2, 0) is 0 Å². The number of nitrogens with zero attached hydrogens (tertiary/aromatic N) is 4. The van der Waals surface area contributed by atoms with Crippen molar-refractivity contribution in [1.29, 1.82) is 0 Å². The van der Waals surface area contributed by atoms with E-state index in [-0.39, 0.29) is 5.41 Å². The molecule has 0 fully saturated rings. The van der Waals surface area contributed by atoms with Crippen molar-refractivity contribution in [3.05, 3.63) is 12.4 Å². The van der Waals surface area contributed by atoms with E-state index in [0.717, 1.165) is 0 Å². The first-order valence-electron chi connectivity index (χ1n) is 3.65. The van der Waals surface area contributed by atoms with E-state index in [1.165, 1.54) is 10.9 Å². The highest BCUT2D eigenvalue weighted by Gasteiger charge is 2.22. The number of rotatable bonds is 0. The van der Waals surface area contributed by atoms with Gasteiger partial charge in [-0.1, -0.05) is 31.1 Å². The van der Waals surface area contributed by atoms with Gasteiger partial charge in [-0.25, -0.2) is 4.68 Å². The smallest absolute Gasteiger partial charge is 0.175 e. The highest BCUT2D eigenvalue weighted by Crippen LogP contribution is 2.16. The first kappa shape index (κ1) is 8.70. The Morgan fingerprint density at radius 3 is 2.50 bits per heavy atom. The largest absolute Gasteiger partial charge is 0.409 e. The summed E-state index contributed by atoms with van der Waals surface area (Å²) in [6.45, 7) is 5.80. The van der Waals surface area contributed by atoms with Crippen LogP contribution in [0.1, 0.15) is 20.8 Å². The molecular formula is C7H12N4O. The summed E-state index contributed by atoms with van der Waals surface area (Å²) in [4.78, 5) is 0. The van der Waals surface area contributed by atoms with Gasteiger partial charge in [0.2, 0.25) is 0 Å². The van der Waals surface area contributed by atoms with E-state index in [4.69, 9.17) is 5.21 Å². The maximum absolute atomic E-state index is 8.73. The van der Waals surface area contributed by atoms with Gasteiger partial charge in [0.05, 0.1) is 12.4 Å². The molecule has 1 rings (SSSR count). The van der Waals surface area contributed by atoms with Crippen molar-refractivity contribution >= 4 is 5.84 Å². The second-order valence-corrected chi connectivity index (χ2v) is 3.52. The molecule has 1 aromatic heterocycles. The minimum absolute atomic E-state index is 0.248. The van der Waals surface area contributed by atoms with Crippen LogP contribution < -0.4 is 0 Å². The lowest BCUT2D eigenvalue weighted by atomic mass is 9.95. The zero-order chi connectivity index (χ0) is 9.19. The van der Waals surface area contributed by atoms with E-state index in [9.17, 15) is 0 Å². The second-order valence-electron chi connectivity index (χ2n) is 3.52. The Labute approximate surface area is 70.7 Å². The number of aromatic nitrogens is 3. The molecule has 0 amide bonds. The van der Waals surface area contributed by atoms with Crippen molar-refractivity contribution in [2.45, 2.75) is 20.8 Å². The van der Waals surface area contributed by atoms with E-state index >= 15 is 0 Å². The third-order valence-corrected chi connectivity index (χ3v) is 1.41. The van der Waals surface area contributed by atoms with Gasteiger partial charge < -0.3 is 5.21 Å². The summed E-state index contributed by atoms with van der Waals surface area (Å²) in [5.41, 5.74) is -0.248. The van der Waals surface area contributed by atoms with Gasteiger partial charge in [0.1, 0.15) is 0 Å². The van der Waals surface area contributed by atoms with Crippen LogP contribution in [0.25, 0.3) is 0 Å². The fourth-order valence-electron chi connectivity index (χ4n) is 0.861. The molecule has 0 aliphatic heterocycles. The molecule has 1 aromatic rings. The van der Waals surface area contributed by atoms with Crippen molar-refractivity contribution in [1.82, 2.24) is 15.0 Å². The third kappa shape index (κ3) is 1.61. The Hall–Kier alpha value is -1.39. The molecule has 5 nitrogen and oxygen atoms in total. The van der Waals surface area contributed by atoms with Gasteiger partial charge >= 0.3 is 0 Å². The molecule has 66 valence electrons. The fraction of sp³-hybridized carbons (Fsp3) is 0.571. The molecule has 0 aliphatic rings. The first-order valence-corrected chi connectivity index (χ1v) is 3.65. The molecular weight excluding hydrogens is 156 g/mol. The maximum Gasteiger partial charge on any atom is 0.175 e. The second kappa shape index (κ2) is 2.92. The van der Waals surface area contributed by atoms with Crippen molar-refractivity contribution < 1.29 is 5.21 Å². The molecule has 0 saturated carbocycles. The zero-order valence-corrected chi connectivity index (χ0v) is 7.39. The molecule has 0 bridgehead atoms. The van der Waals surface area contributed by atoms with E-state index in [2.05, 4.69) is 15.5 Å². The van der Waals surface area contributed by atoms with Gasteiger partial charge in [0.25, 0.3) is 0 Å². The average Bonchev–Trinajstić information content (AvgIpc) is 2.38. The normalized spacial score (nSPS) is 13.4. The topological polar surface area (TPSA) is 63.3 Å². The Kier molecular flexibility index (Phi) is 2.12. The Bertz CT molecular complexity index is 270. The van der Waals surface area contributed by atoms with Gasteiger partial charge in [-0.15, -0.1) is 5.10 Å². The predicted molar refractivity (Wildman–Crippen MR) is 44.1 cm³/mol. The van der Waals surface area contributed by atoms with E-state index in [1.807, 2.05) is 20.8 Å². The average molecular weight is 168 g/mol. The molecule has 12 heavy (non-hydrogen) atoms. The monoisotopic (exact) mass is 168 g/mol. The lowest BCUT2D eigenvalue weighted by molar-refractivity contribution is 0.306. The molecule has 0 spiro atoms. The molecule has 0 unspecified atom stereocenters. The summed E-state index contributed by atoms with van der Waals surface area (Å²) < 4.78 is 1.44. The Morgan fingerprint density at radius 1 is 1.50 bits per heavy atom. The highest BCUT2D eigenvalue weighted by molar-refractivity contribution is 5.87. The lowest BCUT2D eigenvalue weighted by Gasteiger charge is -2.18. The van der Waals surface area contributed by atoms with Crippen LogP contribution in [-0.4, -0.2) is 26.0 Å². The van der Waals surface area contributed by atoms with Crippen LogP contribution in [0.3, 0.4) is 0 Å². The van der Waals surface area contributed by atoms with Gasteiger partial charge in [-0.05, 0) is 0 Å². The quantitative estimate of drug-likeness (QED) is 0.271. The molecule has 0 radical (unpaired) electrons. The molecule has 1 N–H and O–H groups in total. The van der Waals surface area contributed by atoms with Crippen LogP contribution in [0, 0.1) is 5.41 Å². The van der Waals surface area contributed by atoms with Crippen LogP contribution in [0.5, 0.6) is 0 Å². The third-order valence-electron chi connectivity index (χ3n) is 1.41. The Morgan fingerprint density at radius 2 is 2.17 bits per heavy atom. The number of oxime groups is 1. The summed E-state index contributed by atoms with van der Waals surface area (Å²) in [5.74, 6) is 0.472. The molecule has 0 saturated heterocycles. The minimum atomic E-state index is -0.248. The summed E-state index contributed by atoms with van der Waals surface area (Å²) >= 11 is 0. The number of hydrogen-bond acceptors (Lipinski definition) is 4. The van der Waals surface area contributed by atoms with Crippen molar-refractivity contribution in [3.8, 4) is 0 Å². The van der Waals surface area contributed by atoms with Crippen LogP contribution in [0.2, 0.25) is 0 Å². The fourth-order valence-corrected chi connectivity index (χ4v) is 0.861. The van der Waals surface area contributed by atoms with Crippen LogP contribution in [0.15, 0.2) is 17.5 Å². The zero-order valence-electron chi connectivity index (χ0n) is 7.39. The molecule has 1 heterocycles. The van der Waals surface area contributed by atoms with Crippen LogP contribution >= 0.6 is 0 Å². The van der Waals surface area contributed by atoms with Gasteiger partial charge in [-0.3, -0.25) is 0 Å². The minimum Gasteiger partial charge on any atom is -0.409 e. The van der Waals surface area contributed by atoms with E-state index < -0.39 is 0 Å². The SMILES string of the molecule is CC(C)(C)C(=NO)n1ccnn1. The predicted octanol–water partition coefficient (Wildman–Crippen LogP) is 0.960. The standard InChI is InChI=1S/C7H12N4O/c1-7(2,3)6(9-12)11-5-4-8-10-11/h4-5,12H,1-3H3. The maximum atomic E-state index is 8.73. The van der Waals surface area contributed by atoms with Crippen molar-refractivity contribution in [3.63, 3.8) is 0 Å². The highest BCUT2D eigenvalue weighted by atomic mass is 16.4. The Balaban J connectivity index is 3.01. The molecule has 5 heteroatoms. The summed E-state index contributed by atoms with van der Waals surface area (Å²) in [6.07, 6.45) is 3.18. The molecule has 0 aromatic carbocycles. The molecule has 0 atom stereocenters. The van der Waals surface area contributed by atoms with Crippen LogP contribution in [0.4, 0.5) is 0 Å². The van der Waals surface area contributed by atoms with Gasteiger partial charge in [-0.2, -0.15) is 0 Å². The first-order chi connectivity index (χ1) is 5.55. The molecule has 0 aliphatic carbocycles. The van der Waals surface area contributed by atoms with E-state index in [0.29, 0.717) is 5.84 Å². The summed E-state index contributed by atoms with van der Waals surface area (Å²) in [5, 5.41) is 19.3. The van der Waals surface area contributed by atoms with Gasteiger partial charge in [0.15, 0.2) is 5.84 Å². The van der Waals surface area contributed by atoms with Crippen molar-refractivity contribution in [2.75, 3.05) is 0 Å². The van der Waals surface area contributed by atoms with E-state index in [1.54, 1.807) is 6.20 Å². The summed E-state index contributed by atoms with van der Waals surface area (Å²) in [7, 11) is 0. The van der Waals surface area contributed by atoms with Gasteiger partial charge in [0, 0.05) is 5.41 Å². The lowest BCUT2D eigenvalue weighted by Crippen LogP contribution is -2.28. The van der Waals surface area contributed by atoms with Crippen molar-refractivity contribution in [2.24, 2.45) is 10.6 Å². The number of hydrogen-bond donors (Lipinski definition) is 1.